The van der Waals surface area contributed by atoms with Crippen LogP contribution in [0.2, 0.25) is 0 Å². The van der Waals surface area contributed by atoms with Crippen molar-refractivity contribution in [2.45, 2.75) is 32.5 Å². The Hall–Kier alpha value is -3.97. The summed E-state index contributed by atoms with van der Waals surface area (Å²) in [5.41, 5.74) is 8.46. The molecule has 4 N–H and O–H groups in total. The van der Waals surface area contributed by atoms with Crippen LogP contribution in [0.1, 0.15) is 30.5 Å². The van der Waals surface area contributed by atoms with E-state index in [2.05, 4.69) is 22.3 Å². The summed E-state index contributed by atoms with van der Waals surface area (Å²) in [4.78, 5) is 12.9. The summed E-state index contributed by atoms with van der Waals surface area (Å²) in [7, 11) is 0. The molecule has 0 radical (unpaired) electrons. The maximum absolute atomic E-state index is 13.4. The first-order chi connectivity index (χ1) is 16.2. The monoisotopic (exact) mass is 459 g/mol. The van der Waals surface area contributed by atoms with E-state index >= 15 is 0 Å². The molecule has 0 fully saturated rings. The van der Waals surface area contributed by atoms with Crippen LogP contribution in [-0.2, 0) is 17.9 Å². The first-order valence-electron chi connectivity index (χ1n) is 11.0. The third-order valence-corrected chi connectivity index (χ3v) is 5.28. The zero-order chi connectivity index (χ0) is 24.6. The molecule has 0 aromatic heterocycles. The number of hydrazone groups is 1. The zero-order valence-electron chi connectivity index (χ0n) is 19.5. The predicted molar refractivity (Wildman–Crippen MR) is 135 cm³/mol. The highest BCUT2D eigenvalue weighted by Crippen LogP contribution is 2.21. The highest BCUT2D eigenvalue weighted by Gasteiger charge is 2.27. The van der Waals surface area contributed by atoms with Crippen molar-refractivity contribution in [1.29, 1.82) is 0 Å². The molecule has 0 bridgehead atoms. The number of hydrogen-bond donors (Lipinski definition) is 3. The average molecular weight is 460 g/mol. The predicted octanol–water partition coefficient (Wildman–Crippen LogP) is 4.21. The molecule has 0 saturated heterocycles. The van der Waals surface area contributed by atoms with Crippen LogP contribution in [0.4, 0.5) is 4.39 Å². The lowest BCUT2D eigenvalue weighted by molar-refractivity contribution is -0.125. The number of benzene rings is 3. The minimum Gasteiger partial charge on any atom is -0.368 e. The number of halogens is 1. The number of hydrogen-bond acceptors (Lipinski definition) is 4. The van der Waals surface area contributed by atoms with Crippen LogP contribution in [0, 0.1) is 5.82 Å². The molecule has 0 unspecified atom stereocenters. The van der Waals surface area contributed by atoms with Crippen molar-refractivity contribution in [3.63, 3.8) is 0 Å². The topological polar surface area (TPSA) is 82.8 Å². The number of nitrogens with two attached hydrogens (primary N) is 1. The number of guanidine groups is 1. The fourth-order valence-corrected chi connectivity index (χ4v) is 3.17. The molecule has 0 aliphatic rings. The van der Waals surface area contributed by atoms with Crippen LogP contribution in [-0.4, -0.2) is 22.4 Å². The molecule has 3 aromatic carbocycles. The van der Waals surface area contributed by atoms with E-state index < -0.39 is 5.54 Å². The van der Waals surface area contributed by atoms with Crippen molar-refractivity contribution in [3.8, 4) is 0 Å². The van der Waals surface area contributed by atoms with Gasteiger partial charge in [-0.25, -0.2) is 4.39 Å². The number of carbonyl (C=O) groups excluding carboxylic acids is 1. The quantitative estimate of drug-likeness (QED) is 0.254. The first kappa shape index (κ1) is 24.7. The molecular formula is C27H30FN5O. The molecule has 34 heavy (non-hydrogen) atoms. The Kier molecular flexibility index (Phi) is 8.16. The third kappa shape index (κ3) is 7.02. The van der Waals surface area contributed by atoms with Crippen molar-refractivity contribution in [2.24, 2.45) is 10.8 Å². The van der Waals surface area contributed by atoms with Crippen molar-refractivity contribution >= 4 is 17.6 Å². The van der Waals surface area contributed by atoms with Crippen molar-refractivity contribution in [3.05, 3.63) is 114 Å². The van der Waals surface area contributed by atoms with Crippen molar-refractivity contribution in [1.82, 2.24) is 15.6 Å². The van der Waals surface area contributed by atoms with Crippen molar-refractivity contribution < 1.29 is 9.18 Å². The van der Waals surface area contributed by atoms with Crippen LogP contribution >= 0.6 is 0 Å². The lowest BCUT2D eigenvalue weighted by Gasteiger charge is -2.26. The van der Waals surface area contributed by atoms with E-state index in [-0.39, 0.29) is 17.7 Å². The highest BCUT2D eigenvalue weighted by molar-refractivity contribution is 6.00. The van der Waals surface area contributed by atoms with Gasteiger partial charge < -0.3 is 5.73 Å². The van der Waals surface area contributed by atoms with Gasteiger partial charge in [-0.15, -0.1) is 5.10 Å². The summed E-state index contributed by atoms with van der Waals surface area (Å²) in [6, 6.07) is 25.4. The summed E-state index contributed by atoms with van der Waals surface area (Å²) in [6.07, 6.45) is 0. The Bertz CT molecular complexity index is 1130. The lowest BCUT2D eigenvalue weighted by atomic mass is 10.0. The molecule has 6 nitrogen and oxygen atoms in total. The largest absolute Gasteiger partial charge is 0.368 e. The van der Waals surface area contributed by atoms with E-state index in [1.54, 1.807) is 31.0 Å². The molecule has 0 saturated carbocycles. The Balaban J connectivity index is 1.74. The summed E-state index contributed by atoms with van der Waals surface area (Å²) < 4.78 is 13.4. The summed E-state index contributed by atoms with van der Waals surface area (Å²) in [5.74, 6) is -0.734. The Morgan fingerprint density at radius 3 is 2.12 bits per heavy atom. The van der Waals surface area contributed by atoms with E-state index in [0.717, 1.165) is 11.1 Å². The number of rotatable bonds is 9. The lowest BCUT2D eigenvalue weighted by Crippen LogP contribution is -2.55. The summed E-state index contributed by atoms with van der Waals surface area (Å²) in [5, 5.41) is 11.9. The SMILES string of the molecule is C=C(c1ccc(F)cc1)N(Cc1ccccc1)/N=C(\N)NC(=O)C(C)(C)NCc1ccccc1. The Labute approximate surface area is 200 Å². The molecule has 1 amide bonds. The van der Waals surface area contributed by atoms with Crippen LogP contribution < -0.4 is 16.4 Å². The van der Waals surface area contributed by atoms with Crippen LogP contribution in [0.3, 0.4) is 0 Å². The minimum atomic E-state index is -0.895. The molecule has 0 aliphatic heterocycles. The second-order valence-electron chi connectivity index (χ2n) is 8.40. The third-order valence-electron chi connectivity index (χ3n) is 5.28. The van der Waals surface area contributed by atoms with Gasteiger partial charge >= 0.3 is 0 Å². The van der Waals surface area contributed by atoms with E-state index in [4.69, 9.17) is 5.73 Å². The number of amides is 1. The van der Waals surface area contributed by atoms with Gasteiger partial charge in [0.05, 0.1) is 17.8 Å². The number of carbonyl (C=O) groups is 1. The number of nitrogens with one attached hydrogen (secondary N) is 2. The van der Waals surface area contributed by atoms with Gasteiger partial charge in [-0.3, -0.25) is 20.4 Å². The van der Waals surface area contributed by atoms with Gasteiger partial charge in [-0.1, -0.05) is 67.2 Å². The highest BCUT2D eigenvalue weighted by atomic mass is 19.1. The standard InChI is InChI=1S/C27H30FN5O/c1-20(23-14-16-24(28)17-15-23)33(19-22-12-8-5-9-13-22)32-26(29)31-25(34)27(2,3)30-18-21-10-6-4-7-11-21/h4-17,30H,1,18-19H2,2-3H3,(H3,29,31,32,34). The summed E-state index contributed by atoms with van der Waals surface area (Å²) in [6.45, 7) is 8.55. The summed E-state index contributed by atoms with van der Waals surface area (Å²) >= 11 is 0. The Morgan fingerprint density at radius 2 is 1.53 bits per heavy atom. The molecule has 3 rings (SSSR count). The molecule has 0 heterocycles. The van der Waals surface area contributed by atoms with E-state index in [9.17, 15) is 9.18 Å². The van der Waals surface area contributed by atoms with Crippen LogP contribution in [0.5, 0.6) is 0 Å². The van der Waals surface area contributed by atoms with Gasteiger partial charge in [0.15, 0.2) is 0 Å². The van der Waals surface area contributed by atoms with Crippen LogP contribution in [0.15, 0.2) is 96.6 Å². The van der Waals surface area contributed by atoms with Crippen LogP contribution in [0.25, 0.3) is 5.70 Å². The van der Waals surface area contributed by atoms with E-state index in [1.807, 2.05) is 60.7 Å². The van der Waals surface area contributed by atoms with Gasteiger partial charge in [-0.2, -0.15) is 0 Å². The second-order valence-corrected chi connectivity index (χ2v) is 8.40. The molecule has 3 aromatic rings. The van der Waals surface area contributed by atoms with Gasteiger partial charge in [0, 0.05) is 6.54 Å². The first-order valence-corrected chi connectivity index (χ1v) is 11.0. The fourth-order valence-electron chi connectivity index (χ4n) is 3.17. The normalized spacial score (nSPS) is 11.7. The van der Waals surface area contributed by atoms with Gasteiger partial charge in [0.2, 0.25) is 11.9 Å². The maximum atomic E-state index is 13.4. The number of nitrogens with zero attached hydrogens (tertiary/aromatic N) is 2. The molecule has 0 aliphatic carbocycles. The smallest absolute Gasteiger partial charge is 0.246 e. The average Bonchev–Trinajstić information content (AvgIpc) is 2.83. The second kappa shape index (κ2) is 11.2. The molecule has 0 atom stereocenters. The molecular weight excluding hydrogens is 429 g/mol. The molecule has 176 valence electrons. The molecule has 0 spiro atoms. The van der Waals surface area contributed by atoms with Crippen molar-refractivity contribution in [2.75, 3.05) is 0 Å². The maximum Gasteiger partial charge on any atom is 0.246 e. The van der Waals surface area contributed by atoms with Gasteiger partial charge in [0.25, 0.3) is 0 Å². The van der Waals surface area contributed by atoms with E-state index in [1.165, 1.54) is 12.1 Å². The fraction of sp³-hybridized carbons (Fsp3) is 0.185. The molecule has 7 heteroatoms. The Morgan fingerprint density at radius 1 is 0.971 bits per heavy atom. The van der Waals surface area contributed by atoms with Gasteiger partial charge in [-0.05, 0) is 54.8 Å². The zero-order valence-corrected chi connectivity index (χ0v) is 19.5. The minimum absolute atomic E-state index is 0.0706. The van der Waals surface area contributed by atoms with Gasteiger partial charge in [0.1, 0.15) is 5.82 Å². The van der Waals surface area contributed by atoms with E-state index in [0.29, 0.717) is 24.4 Å².